The monoisotopic (exact) mass is 232 g/mol. The number of thioether (sulfide) groups is 1. The van der Waals surface area contributed by atoms with Gasteiger partial charge in [-0.1, -0.05) is 0 Å². The van der Waals surface area contributed by atoms with Crippen molar-refractivity contribution in [2.45, 2.75) is 0 Å². The molecule has 0 radical (unpaired) electrons. The molecule has 6 nitrogen and oxygen atoms in total. The maximum atomic E-state index is 11.1. The smallest absolute Gasteiger partial charge is 0.324 e. The number of hydrogen-bond donors (Lipinski definition) is 1. The van der Waals surface area contributed by atoms with Gasteiger partial charge < -0.3 is 10.1 Å². The number of imide groups is 1. The van der Waals surface area contributed by atoms with Crippen LogP contribution in [0.5, 0.6) is 0 Å². The largest absolute Gasteiger partial charge is 0.468 e. The van der Waals surface area contributed by atoms with Crippen LogP contribution in [-0.4, -0.2) is 54.5 Å². The number of carbonyl (C=O) groups is 3. The Balaban J connectivity index is 2.17. The van der Waals surface area contributed by atoms with Crippen LogP contribution < -0.4 is 5.32 Å². The Bertz CT molecular complexity index is 266. The van der Waals surface area contributed by atoms with Crippen molar-refractivity contribution >= 4 is 29.7 Å². The lowest BCUT2D eigenvalue weighted by Gasteiger charge is -2.10. The number of nitrogens with one attached hydrogen (secondary N) is 1. The molecule has 1 aliphatic heterocycles. The third-order valence-electron chi connectivity index (χ3n) is 1.84. The Morgan fingerprint density at radius 3 is 2.87 bits per heavy atom. The maximum absolute atomic E-state index is 11.1. The summed E-state index contributed by atoms with van der Waals surface area (Å²) in [5.74, 6) is 0.241. The number of hydrogen-bond acceptors (Lipinski definition) is 5. The number of ether oxygens (including phenoxy) is 1. The molecule has 0 aromatic rings. The van der Waals surface area contributed by atoms with Crippen LogP contribution in [0.25, 0.3) is 0 Å². The topological polar surface area (TPSA) is 75.7 Å². The second-order valence-electron chi connectivity index (χ2n) is 2.83. The average Bonchev–Trinajstić information content (AvgIpc) is 2.54. The number of methoxy groups -OCH3 is 1. The van der Waals surface area contributed by atoms with Gasteiger partial charge in [-0.2, -0.15) is 0 Å². The molecule has 15 heavy (non-hydrogen) atoms. The maximum Gasteiger partial charge on any atom is 0.324 e. The number of rotatable bonds is 5. The van der Waals surface area contributed by atoms with Crippen molar-refractivity contribution in [2.24, 2.45) is 0 Å². The van der Waals surface area contributed by atoms with Crippen LogP contribution >= 0.6 is 11.8 Å². The summed E-state index contributed by atoms with van der Waals surface area (Å²) in [4.78, 5) is 34.0. The van der Waals surface area contributed by atoms with E-state index in [-0.39, 0.29) is 30.2 Å². The van der Waals surface area contributed by atoms with Crippen molar-refractivity contribution in [1.29, 1.82) is 0 Å². The van der Waals surface area contributed by atoms with E-state index in [1.165, 1.54) is 18.9 Å². The fourth-order valence-electron chi connectivity index (χ4n) is 1.05. The van der Waals surface area contributed by atoms with Gasteiger partial charge in [-0.3, -0.25) is 14.5 Å². The highest BCUT2D eigenvalue weighted by Gasteiger charge is 2.27. The van der Waals surface area contributed by atoms with Gasteiger partial charge in [0.15, 0.2) is 0 Å². The highest BCUT2D eigenvalue weighted by atomic mass is 32.2. The summed E-state index contributed by atoms with van der Waals surface area (Å²) in [5.41, 5.74) is 0. The Hall–Kier alpha value is -1.24. The summed E-state index contributed by atoms with van der Waals surface area (Å²) in [5, 5.41) is 2.42. The molecule has 0 atom stereocenters. The molecule has 0 aromatic carbocycles. The van der Waals surface area contributed by atoms with Crippen LogP contribution in [0.3, 0.4) is 0 Å². The van der Waals surface area contributed by atoms with Gasteiger partial charge in [-0.05, 0) is 0 Å². The fraction of sp³-hybridized carbons (Fsp3) is 0.625. The molecule has 0 bridgehead atoms. The van der Waals surface area contributed by atoms with E-state index in [1.54, 1.807) is 0 Å². The summed E-state index contributed by atoms with van der Waals surface area (Å²) in [6, 6.07) is -0.362. The molecule has 3 amide bonds. The highest BCUT2D eigenvalue weighted by Crippen LogP contribution is 2.04. The van der Waals surface area contributed by atoms with Gasteiger partial charge in [0.1, 0.15) is 0 Å². The lowest BCUT2D eigenvalue weighted by molar-refractivity contribution is -0.137. The molecule has 0 saturated carbocycles. The van der Waals surface area contributed by atoms with Crippen molar-refractivity contribution in [1.82, 2.24) is 10.2 Å². The standard InChI is InChI=1S/C8H12N2O4S/c1-14-7(12)5-15-3-2-10-6(11)4-9-8(10)13/h2-5H2,1H3,(H,9,13). The van der Waals surface area contributed by atoms with E-state index in [9.17, 15) is 14.4 Å². The van der Waals surface area contributed by atoms with Gasteiger partial charge in [0.2, 0.25) is 5.91 Å². The van der Waals surface area contributed by atoms with E-state index >= 15 is 0 Å². The predicted molar refractivity (Wildman–Crippen MR) is 54.5 cm³/mol. The summed E-state index contributed by atoms with van der Waals surface area (Å²) in [6.45, 7) is 0.396. The van der Waals surface area contributed by atoms with Crippen molar-refractivity contribution in [3.63, 3.8) is 0 Å². The molecule has 0 aromatic heterocycles. The molecule has 1 N–H and O–H groups in total. The molecule has 1 heterocycles. The molecule has 7 heteroatoms. The van der Waals surface area contributed by atoms with E-state index in [0.717, 1.165) is 4.90 Å². The number of nitrogens with zero attached hydrogens (tertiary/aromatic N) is 1. The molecular weight excluding hydrogens is 220 g/mol. The predicted octanol–water partition coefficient (Wildman–Crippen LogP) is -0.556. The van der Waals surface area contributed by atoms with Gasteiger partial charge in [-0.15, -0.1) is 11.8 Å². The van der Waals surface area contributed by atoms with Gasteiger partial charge in [-0.25, -0.2) is 4.79 Å². The SMILES string of the molecule is COC(=O)CSCCN1C(=O)CNC1=O. The third-order valence-corrected chi connectivity index (χ3v) is 2.75. The second kappa shape index (κ2) is 5.59. The molecule has 1 saturated heterocycles. The summed E-state index contributed by atoms with van der Waals surface area (Å²) in [7, 11) is 1.32. The number of amides is 3. The van der Waals surface area contributed by atoms with E-state index < -0.39 is 0 Å². The molecular formula is C8H12N2O4S. The summed E-state index contributed by atoms with van der Waals surface area (Å²) in [6.07, 6.45) is 0. The minimum Gasteiger partial charge on any atom is -0.468 e. The van der Waals surface area contributed by atoms with E-state index in [2.05, 4.69) is 10.1 Å². The van der Waals surface area contributed by atoms with E-state index in [1.807, 2.05) is 0 Å². The van der Waals surface area contributed by atoms with Crippen LogP contribution in [0.15, 0.2) is 0 Å². The Labute approximate surface area is 91.3 Å². The second-order valence-corrected chi connectivity index (χ2v) is 3.94. The molecule has 84 valence electrons. The van der Waals surface area contributed by atoms with Crippen molar-refractivity contribution in [3.05, 3.63) is 0 Å². The molecule has 1 rings (SSSR count). The Morgan fingerprint density at radius 1 is 1.60 bits per heavy atom. The van der Waals surface area contributed by atoms with Gasteiger partial charge in [0.05, 0.1) is 19.4 Å². The van der Waals surface area contributed by atoms with E-state index in [4.69, 9.17) is 0 Å². The first kappa shape index (κ1) is 11.8. The van der Waals surface area contributed by atoms with Crippen LogP contribution in [0.1, 0.15) is 0 Å². The average molecular weight is 232 g/mol. The first-order valence-electron chi connectivity index (χ1n) is 4.38. The quantitative estimate of drug-likeness (QED) is 0.391. The molecule has 1 fully saturated rings. The zero-order valence-electron chi connectivity index (χ0n) is 8.32. The first-order valence-corrected chi connectivity index (χ1v) is 5.53. The van der Waals surface area contributed by atoms with Crippen molar-refractivity contribution < 1.29 is 19.1 Å². The van der Waals surface area contributed by atoms with Crippen LogP contribution in [0.2, 0.25) is 0 Å². The molecule has 1 aliphatic rings. The number of urea groups is 1. The van der Waals surface area contributed by atoms with Gasteiger partial charge >= 0.3 is 12.0 Å². The molecule has 0 unspecified atom stereocenters. The zero-order valence-corrected chi connectivity index (χ0v) is 9.13. The summed E-state index contributed by atoms with van der Waals surface area (Å²) >= 11 is 1.33. The highest BCUT2D eigenvalue weighted by molar-refractivity contribution is 7.99. The third kappa shape index (κ3) is 3.43. The van der Waals surface area contributed by atoms with Crippen molar-refractivity contribution in [2.75, 3.05) is 31.7 Å². The minimum atomic E-state index is -0.362. The lowest BCUT2D eigenvalue weighted by Crippen LogP contribution is -2.33. The van der Waals surface area contributed by atoms with E-state index in [0.29, 0.717) is 12.3 Å². The summed E-state index contributed by atoms with van der Waals surface area (Å²) < 4.78 is 4.44. The number of esters is 1. The first-order chi connectivity index (χ1) is 7.15. The van der Waals surface area contributed by atoms with Crippen LogP contribution in [0.4, 0.5) is 4.79 Å². The van der Waals surface area contributed by atoms with Crippen LogP contribution in [0, 0.1) is 0 Å². The zero-order chi connectivity index (χ0) is 11.3. The molecule has 0 aliphatic carbocycles. The van der Waals surface area contributed by atoms with Gasteiger partial charge in [0, 0.05) is 12.3 Å². The van der Waals surface area contributed by atoms with Crippen molar-refractivity contribution in [3.8, 4) is 0 Å². The lowest BCUT2D eigenvalue weighted by atomic mass is 10.5. The van der Waals surface area contributed by atoms with Gasteiger partial charge in [0.25, 0.3) is 0 Å². The molecule has 0 spiro atoms. The van der Waals surface area contributed by atoms with Crippen LogP contribution in [-0.2, 0) is 14.3 Å². The minimum absolute atomic E-state index is 0.0699. The normalized spacial score (nSPS) is 15.4. The Morgan fingerprint density at radius 2 is 2.33 bits per heavy atom. The fourth-order valence-corrected chi connectivity index (χ4v) is 1.79. The Kier molecular flexibility index (Phi) is 4.41. The number of carbonyl (C=O) groups excluding carboxylic acids is 3.